The topological polar surface area (TPSA) is 43.4 Å². The van der Waals surface area contributed by atoms with E-state index in [4.69, 9.17) is 4.74 Å². The van der Waals surface area contributed by atoms with Crippen LogP contribution in [0.3, 0.4) is 0 Å². The molecule has 0 spiro atoms. The van der Waals surface area contributed by atoms with Crippen LogP contribution >= 0.6 is 15.9 Å². The Morgan fingerprint density at radius 3 is 2.25 bits per heavy atom. The molecule has 0 aromatic heterocycles. The van der Waals surface area contributed by atoms with Gasteiger partial charge in [0.2, 0.25) is 0 Å². The normalized spacial score (nSPS) is 20.6. The van der Waals surface area contributed by atoms with Crippen molar-refractivity contribution in [2.45, 2.75) is 18.9 Å². The largest absolute Gasteiger partial charge is 0.490 e. The van der Waals surface area contributed by atoms with Gasteiger partial charge in [-0.05, 0) is 37.1 Å². The van der Waals surface area contributed by atoms with Gasteiger partial charge < -0.3 is 4.74 Å². The quantitative estimate of drug-likeness (QED) is 0.843. The maximum atomic E-state index is 11.2. The molecule has 0 unspecified atom stereocenters. The van der Waals surface area contributed by atoms with Gasteiger partial charge in [0.25, 0.3) is 0 Å². The molecule has 1 heterocycles. The molecule has 1 aliphatic heterocycles. The summed E-state index contributed by atoms with van der Waals surface area (Å²) in [6.07, 6.45) is 1.22. The van der Waals surface area contributed by atoms with Gasteiger partial charge in [0, 0.05) is 4.47 Å². The Hall–Kier alpha value is -0.550. The molecule has 0 amide bonds. The first kappa shape index (κ1) is 11.9. The highest BCUT2D eigenvalue weighted by Crippen LogP contribution is 2.21. The molecule has 0 atom stereocenters. The van der Waals surface area contributed by atoms with Crippen LogP contribution in [0.5, 0.6) is 5.75 Å². The van der Waals surface area contributed by atoms with Crippen molar-refractivity contribution in [2.75, 3.05) is 11.5 Å². The van der Waals surface area contributed by atoms with Crippen LogP contribution in [0.2, 0.25) is 0 Å². The highest BCUT2D eigenvalue weighted by molar-refractivity contribution is 9.10. The Morgan fingerprint density at radius 1 is 1.12 bits per heavy atom. The van der Waals surface area contributed by atoms with E-state index in [1.54, 1.807) is 0 Å². The zero-order valence-electron chi connectivity index (χ0n) is 8.73. The van der Waals surface area contributed by atoms with E-state index >= 15 is 0 Å². The van der Waals surface area contributed by atoms with E-state index in [0.717, 1.165) is 10.2 Å². The summed E-state index contributed by atoms with van der Waals surface area (Å²) in [5.74, 6) is 1.29. The van der Waals surface area contributed by atoms with Gasteiger partial charge >= 0.3 is 0 Å². The summed E-state index contributed by atoms with van der Waals surface area (Å²) in [6.45, 7) is 0. The molecule has 5 heteroatoms. The second kappa shape index (κ2) is 4.75. The summed E-state index contributed by atoms with van der Waals surface area (Å²) in [4.78, 5) is 0. The van der Waals surface area contributed by atoms with Crippen LogP contribution in [0.25, 0.3) is 0 Å². The molecular weight excluding hydrogens is 292 g/mol. The Balaban J connectivity index is 1.94. The van der Waals surface area contributed by atoms with E-state index in [-0.39, 0.29) is 17.6 Å². The summed E-state index contributed by atoms with van der Waals surface area (Å²) in [5, 5.41) is 0. The van der Waals surface area contributed by atoms with E-state index in [1.807, 2.05) is 24.3 Å². The summed E-state index contributed by atoms with van der Waals surface area (Å²) in [5.41, 5.74) is 0. The maximum absolute atomic E-state index is 11.2. The van der Waals surface area contributed by atoms with Gasteiger partial charge in [-0.25, -0.2) is 8.42 Å². The zero-order valence-corrected chi connectivity index (χ0v) is 11.1. The average Bonchev–Trinajstić information content (AvgIpc) is 2.24. The molecule has 1 aliphatic rings. The van der Waals surface area contributed by atoms with E-state index in [2.05, 4.69) is 15.9 Å². The summed E-state index contributed by atoms with van der Waals surface area (Å²) >= 11 is 3.35. The second-order valence-corrected chi connectivity index (χ2v) is 7.14. The van der Waals surface area contributed by atoms with Crippen molar-refractivity contribution < 1.29 is 13.2 Å². The summed E-state index contributed by atoms with van der Waals surface area (Å²) in [7, 11) is -2.80. The number of benzene rings is 1. The third-order valence-electron chi connectivity index (χ3n) is 2.62. The smallest absolute Gasteiger partial charge is 0.150 e. The van der Waals surface area contributed by atoms with Gasteiger partial charge in [-0.2, -0.15) is 0 Å². The Labute approximate surface area is 104 Å². The Kier molecular flexibility index (Phi) is 3.54. The molecule has 16 heavy (non-hydrogen) atoms. The molecule has 1 aromatic rings. The van der Waals surface area contributed by atoms with Crippen molar-refractivity contribution in [3.05, 3.63) is 28.7 Å². The third-order valence-corrected chi connectivity index (χ3v) is 4.86. The summed E-state index contributed by atoms with van der Waals surface area (Å²) < 4.78 is 29.2. The van der Waals surface area contributed by atoms with Gasteiger partial charge in [-0.3, -0.25) is 0 Å². The molecule has 88 valence electrons. The van der Waals surface area contributed by atoms with Crippen LogP contribution in [0, 0.1) is 0 Å². The van der Waals surface area contributed by atoms with Crippen LogP contribution < -0.4 is 4.74 Å². The predicted octanol–water partition coefficient (Wildman–Crippen LogP) is 2.41. The molecule has 1 aromatic carbocycles. The highest BCUT2D eigenvalue weighted by atomic mass is 79.9. The monoisotopic (exact) mass is 304 g/mol. The molecule has 1 saturated heterocycles. The van der Waals surface area contributed by atoms with Gasteiger partial charge in [-0.1, -0.05) is 15.9 Å². The van der Waals surface area contributed by atoms with Crippen LogP contribution in [-0.2, 0) is 9.84 Å². The average molecular weight is 305 g/mol. The van der Waals surface area contributed by atoms with E-state index in [0.29, 0.717) is 12.8 Å². The van der Waals surface area contributed by atoms with E-state index in [1.165, 1.54) is 0 Å². The van der Waals surface area contributed by atoms with Crippen LogP contribution in [0.15, 0.2) is 28.7 Å². The number of sulfone groups is 1. The van der Waals surface area contributed by atoms with Gasteiger partial charge in [0.1, 0.15) is 11.9 Å². The maximum Gasteiger partial charge on any atom is 0.150 e. The number of halogens is 1. The number of hydrogen-bond acceptors (Lipinski definition) is 3. The number of hydrogen-bond donors (Lipinski definition) is 0. The Bertz CT molecular complexity index is 439. The number of rotatable bonds is 2. The molecule has 0 radical (unpaired) electrons. The van der Waals surface area contributed by atoms with Crippen molar-refractivity contribution >= 4 is 25.8 Å². The van der Waals surface area contributed by atoms with Gasteiger partial charge in [0.15, 0.2) is 9.84 Å². The first-order valence-corrected chi connectivity index (χ1v) is 7.79. The molecule has 0 N–H and O–H groups in total. The third kappa shape index (κ3) is 3.22. The fourth-order valence-corrected chi connectivity index (χ4v) is 3.40. The van der Waals surface area contributed by atoms with Gasteiger partial charge in [0.05, 0.1) is 11.5 Å². The van der Waals surface area contributed by atoms with Crippen molar-refractivity contribution in [2.24, 2.45) is 0 Å². The standard InChI is InChI=1S/C11H13BrO3S/c12-9-1-3-10(4-2-9)15-11-5-7-16(13,14)8-6-11/h1-4,11H,5-8H2. The predicted molar refractivity (Wildman–Crippen MR) is 66.4 cm³/mol. The lowest BCUT2D eigenvalue weighted by molar-refractivity contribution is 0.189. The molecule has 3 nitrogen and oxygen atoms in total. The fraction of sp³-hybridized carbons (Fsp3) is 0.455. The lowest BCUT2D eigenvalue weighted by atomic mass is 10.2. The SMILES string of the molecule is O=S1(=O)CCC(Oc2ccc(Br)cc2)CC1. The zero-order chi connectivity index (χ0) is 11.6. The van der Waals surface area contributed by atoms with E-state index < -0.39 is 9.84 Å². The minimum absolute atomic E-state index is 0.0321. The highest BCUT2D eigenvalue weighted by Gasteiger charge is 2.24. The fourth-order valence-electron chi connectivity index (χ4n) is 1.69. The first-order valence-electron chi connectivity index (χ1n) is 5.18. The van der Waals surface area contributed by atoms with Crippen molar-refractivity contribution in [1.29, 1.82) is 0 Å². The summed E-state index contributed by atoms with van der Waals surface area (Å²) in [6, 6.07) is 7.59. The Morgan fingerprint density at radius 2 is 1.69 bits per heavy atom. The van der Waals surface area contributed by atoms with Crippen molar-refractivity contribution in [3.63, 3.8) is 0 Å². The minimum Gasteiger partial charge on any atom is -0.490 e. The van der Waals surface area contributed by atoms with Crippen molar-refractivity contribution in [3.8, 4) is 5.75 Å². The first-order chi connectivity index (χ1) is 7.55. The lowest BCUT2D eigenvalue weighted by Crippen LogP contribution is -2.30. The van der Waals surface area contributed by atoms with Crippen LogP contribution in [-0.4, -0.2) is 26.0 Å². The van der Waals surface area contributed by atoms with Crippen LogP contribution in [0.1, 0.15) is 12.8 Å². The molecule has 0 aliphatic carbocycles. The molecule has 1 fully saturated rings. The molecular formula is C11H13BrO3S. The second-order valence-electron chi connectivity index (χ2n) is 3.92. The molecule has 0 saturated carbocycles. The van der Waals surface area contributed by atoms with Gasteiger partial charge in [-0.15, -0.1) is 0 Å². The molecule has 0 bridgehead atoms. The lowest BCUT2D eigenvalue weighted by Gasteiger charge is -2.23. The minimum atomic E-state index is -2.80. The van der Waals surface area contributed by atoms with Crippen LogP contribution in [0.4, 0.5) is 0 Å². The van der Waals surface area contributed by atoms with E-state index in [9.17, 15) is 8.42 Å². The van der Waals surface area contributed by atoms with Crippen molar-refractivity contribution in [1.82, 2.24) is 0 Å². The number of ether oxygens (including phenoxy) is 1. The molecule has 2 rings (SSSR count).